The van der Waals surface area contributed by atoms with Gasteiger partial charge in [0.2, 0.25) is 0 Å². The van der Waals surface area contributed by atoms with Crippen molar-refractivity contribution in [2.24, 2.45) is 0 Å². The molecule has 0 aliphatic rings. The van der Waals surface area contributed by atoms with Crippen LogP contribution in [-0.4, -0.2) is 43.1 Å². The quantitative estimate of drug-likeness (QED) is 0.388. The number of methoxy groups -OCH3 is 1. The molecule has 5 nitrogen and oxygen atoms in total. The molecule has 126 valence electrons. The van der Waals surface area contributed by atoms with E-state index in [9.17, 15) is 10.2 Å². The Bertz CT molecular complexity index is 526. The Hall–Kier alpha value is -1.55. The molecular formula is C17H26BNO4. The van der Waals surface area contributed by atoms with Crippen LogP contribution in [0.5, 0.6) is 5.75 Å². The predicted octanol–water partition coefficient (Wildman–Crippen LogP) is 1.56. The highest BCUT2D eigenvalue weighted by Gasteiger charge is 2.43. The van der Waals surface area contributed by atoms with Crippen molar-refractivity contribution < 1.29 is 19.7 Å². The molecule has 2 unspecified atom stereocenters. The van der Waals surface area contributed by atoms with Crippen molar-refractivity contribution in [1.82, 2.24) is 0 Å². The van der Waals surface area contributed by atoms with E-state index >= 15 is 0 Å². The Labute approximate surface area is 139 Å². The SMILES string of the molecule is BC(O)(Oc1ccccc1C#N)C(C)(O)CCCCCCOC. The van der Waals surface area contributed by atoms with Crippen LogP contribution in [0.3, 0.4) is 0 Å². The fourth-order valence-electron chi connectivity index (χ4n) is 2.27. The van der Waals surface area contributed by atoms with E-state index in [2.05, 4.69) is 0 Å². The molecule has 1 aromatic carbocycles. The number of aliphatic hydroxyl groups is 2. The smallest absolute Gasteiger partial charge is 0.198 e. The lowest BCUT2D eigenvalue weighted by Gasteiger charge is -2.39. The lowest BCUT2D eigenvalue weighted by molar-refractivity contribution is -0.197. The molecule has 1 aromatic rings. The van der Waals surface area contributed by atoms with E-state index in [0.29, 0.717) is 12.0 Å². The number of hydrogen-bond acceptors (Lipinski definition) is 5. The van der Waals surface area contributed by atoms with Gasteiger partial charge in [0.05, 0.1) is 5.56 Å². The van der Waals surface area contributed by atoms with Crippen molar-refractivity contribution in [1.29, 1.82) is 5.26 Å². The summed E-state index contributed by atoms with van der Waals surface area (Å²) in [4.78, 5) is 0. The summed E-state index contributed by atoms with van der Waals surface area (Å²) in [6.45, 7) is 2.29. The van der Waals surface area contributed by atoms with Crippen molar-refractivity contribution >= 4 is 7.85 Å². The highest BCUT2D eigenvalue weighted by molar-refractivity contribution is 6.14. The lowest BCUT2D eigenvalue weighted by atomic mass is 9.76. The number of hydrogen-bond donors (Lipinski definition) is 2. The van der Waals surface area contributed by atoms with Crippen LogP contribution in [0.15, 0.2) is 24.3 Å². The fourth-order valence-corrected chi connectivity index (χ4v) is 2.27. The minimum Gasteiger partial charge on any atom is -0.467 e. The number of rotatable bonds is 10. The molecule has 0 saturated heterocycles. The Morgan fingerprint density at radius 2 is 1.83 bits per heavy atom. The molecular weight excluding hydrogens is 293 g/mol. The van der Waals surface area contributed by atoms with E-state index in [0.717, 1.165) is 32.3 Å². The molecule has 0 aliphatic carbocycles. The van der Waals surface area contributed by atoms with Crippen LogP contribution >= 0.6 is 0 Å². The largest absolute Gasteiger partial charge is 0.467 e. The maximum Gasteiger partial charge on any atom is 0.198 e. The van der Waals surface area contributed by atoms with Gasteiger partial charge >= 0.3 is 0 Å². The summed E-state index contributed by atoms with van der Waals surface area (Å²) in [5, 5.41) is 30.2. The average molecular weight is 319 g/mol. The molecule has 0 radical (unpaired) electrons. The number of nitrogens with zero attached hydrogens (tertiary/aromatic N) is 1. The van der Waals surface area contributed by atoms with Gasteiger partial charge in [0, 0.05) is 13.7 Å². The molecule has 2 N–H and O–H groups in total. The van der Waals surface area contributed by atoms with E-state index in [-0.39, 0.29) is 5.75 Å². The van der Waals surface area contributed by atoms with Crippen molar-refractivity contribution in [3.63, 3.8) is 0 Å². The normalized spacial score (nSPS) is 16.1. The van der Waals surface area contributed by atoms with Crippen LogP contribution in [0.2, 0.25) is 0 Å². The Morgan fingerprint density at radius 3 is 2.48 bits per heavy atom. The first-order chi connectivity index (χ1) is 10.8. The second-order valence-corrected chi connectivity index (χ2v) is 6.12. The number of para-hydroxylation sites is 1. The summed E-state index contributed by atoms with van der Waals surface area (Å²) < 4.78 is 10.5. The number of benzene rings is 1. The number of ether oxygens (including phenoxy) is 2. The molecule has 0 spiro atoms. The zero-order valence-corrected chi connectivity index (χ0v) is 14.2. The van der Waals surface area contributed by atoms with E-state index in [1.165, 1.54) is 7.85 Å². The molecule has 0 amide bonds. The second kappa shape index (κ2) is 8.92. The standard InChI is InChI=1S/C17H26BNO4/c1-16(20,11-7-3-4-8-12-22-2)17(18,21)23-15-10-6-5-9-14(15)13-19/h5-6,9-10,20-21H,3-4,7-8,11-12,18H2,1-2H3. The van der Waals surface area contributed by atoms with E-state index < -0.39 is 11.3 Å². The third-order valence-electron chi connectivity index (χ3n) is 4.08. The average Bonchev–Trinajstić information content (AvgIpc) is 2.50. The first-order valence-corrected chi connectivity index (χ1v) is 7.96. The van der Waals surface area contributed by atoms with Gasteiger partial charge in [-0.15, -0.1) is 0 Å². The third kappa shape index (κ3) is 5.87. The number of nitriles is 1. The van der Waals surface area contributed by atoms with Gasteiger partial charge in [0.25, 0.3) is 0 Å². The van der Waals surface area contributed by atoms with Crippen LogP contribution < -0.4 is 4.74 Å². The minimum atomic E-state index is -1.79. The van der Waals surface area contributed by atoms with Gasteiger partial charge in [-0.25, -0.2) is 0 Å². The summed E-state index contributed by atoms with van der Waals surface area (Å²) in [6.07, 6.45) is 4.13. The molecule has 0 bridgehead atoms. The maximum atomic E-state index is 10.6. The van der Waals surface area contributed by atoms with E-state index in [1.54, 1.807) is 38.3 Å². The van der Waals surface area contributed by atoms with Gasteiger partial charge in [-0.05, 0) is 31.9 Å². The molecule has 6 heteroatoms. The first-order valence-electron chi connectivity index (χ1n) is 7.96. The zero-order valence-electron chi connectivity index (χ0n) is 14.2. The van der Waals surface area contributed by atoms with Gasteiger partial charge in [-0.2, -0.15) is 5.26 Å². The molecule has 0 heterocycles. The van der Waals surface area contributed by atoms with Crippen molar-refractivity contribution in [2.75, 3.05) is 13.7 Å². The fraction of sp³-hybridized carbons (Fsp3) is 0.588. The van der Waals surface area contributed by atoms with Gasteiger partial charge in [0.1, 0.15) is 17.4 Å². The third-order valence-corrected chi connectivity index (χ3v) is 4.08. The Balaban J connectivity index is 2.60. The second-order valence-electron chi connectivity index (χ2n) is 6.12. The Morgan fingerprint density at radius 1 is 1.17 bits per heavy atom. The van der Waals surface area contributed by atoms with Crippen LogP contribution in [0.1, 0.15) is 44.6 Å². The van der Waals surface area contributed by atoms with Gasteiger partial charge < -0.3 is 19.7 Å². The maximum absolute atomic E-state index is 10.6. The van der Waals surface area contributed by atoms with Crippen molar-refractivity contribution in [2.45, 2.75) is 50.3 Å². The van der Waals surface area contributed by atoms with Crippen LogP contribution in [0, 0.1) is 11.3 Å². The molecule has 2 atom stereocenters. The molecule has 1 rings (SSSR count). The summed E-state index contributed by atoms with van der Waals surface area (Å²) in [6, 6.07) is 8.66. The molecule has 0 fully saturated rings. The molecule has 0 aliphatic heterocycles. The Kier molecular flexibility index (Phi) is 7.57. The van der Waals surface area contributed by atoms with Gasteiger partial charge in [-0.1, -0.05) is 31.4 Å². The zero-order chi connectivity index (χ0) is 17.3. The predicted molar refractivity (Wildman–Crippen MR) is 90.9 cm³/mol. The van der Waals surface area contributed by atoms with Gasteiger partial charge in [-0.3, -0.25) is 0 Å². The minimum absolute atomic E-state index is 0.264. The number of unbranched alkanes of at least 4 members (excludes halogenated alkanes) is 3. The summed E-state index contributed by atoms with van der Waals surface area (Å²) in [5.41, 5.74) is -2.88. The highest BCUT2D eigenvalue weighted by Crippen LogP contribution is 2.30. The van der Waals surface area contributed by atoms with Gasteiger partial charge in [0.15, 0.2) is 13.5 Å². The molecule has 0 saturated carbocycles. The summed E-state index contributed by atoms with van der Waals surface area (Å²) in [5.74, 6) is 0.264. The van der Waals surface area contributed by atoms with Crippen LogP contribution in [0.25, 0.3) is 0 Å². The lowest BCUT2D eigenvalue weighted by Crippen LogP contribution is -2.57. The summed E-state index contributed by atoms with van der Waals surface area (Å²) in [7, 11) is 3.10. The summed E-state index contributed by atoms with van der Waals surface area (Å²) >= 11 is 0. The molecule has 23 heavy (non-hydrogen) atoms. The van der Waals surface area contributed by atoms with Crippen molar-refractivity contribution in [3.8, 4) is 11.8 Å². The molecule has 0 aromatic heterocycles. The highest BCUT2D eigenvalue weighted by atomic mass is 16.6. The topological polar surface area (TPSA) is 82.7 Å². The van der Waals surface area contributed by atoms with Crippen LogP contribution in [-0.2, 0) is 4.74 Å². The van der Waals surface area contributed by atoms with Crippen molar-refractivity contribution in [3.05, 3.63) is 29.8 Å². The van der Waals surface area contributed by atoms with E-state index in [4.69, 9.17) is 14.7 Å². The monoisotopic (exact) mass is 319 g/mol. The van der Waals surface area contributed by atoms with Crippen LogP contribution in [0.4, 0.5) is 0 Å². The first kappa shape index (κ1) is 19.5. The van der Waals surface area contributed by atoms with E-state index in [1.807, 2.05) is 6.07 Å².